The first-order valence-electron chi connectivity index (χ1n) is 5.59. The molecule has 0 amide bonds. The van der Waals surface area contributed by atoms with Gasteiger partial charge >= 0.3 is 5.97 Å². The molecule has 0 saturated carbocycles. The van der Waals surface area contributed by atoms with Crippen molar-refractivity contribution in [3.8, 4) is 0 Å². The molecule has 0 bridgehead atoms. The Morgan fingerprint density at radius 1 is 1.59 bits per heavy atom. The van der Waals surface area contributed by atoms with E-state index in [1.165, 1.54) is 0 Å². The Balaban J connectivity index is 2.75. The molecule has 0 aromatic carbocycles. The SMILES string of the molecule is CC(C)(CC(=O)O)C[C@@H]1NC(C)(C)OC1=C=O. The van der Waals surface area contributed by atoms with Crippen LogP contribution in [-0.4, -0.2) is 28.8 Å². The molecule has 5 nitrogen and oxygen atoms in total. The molecular formula is C12H19NO4. The Kier molecular flexibility index (Phi) is 3.65. The molecule has 17 heavy (non-hydrogen) atoms. The lowest BCUT2D eigenvalue weighted by atomic mass is 9.82. The number of ether oxygens (including phenoxy) is 1. The molecular weight excluding hydrogens is 222 g/mol. The van der Waals surface area contributed by atoms with Crippen LogP contribution < -0.4 is 5.32 Å². The minimum Gasteiger partial charge on any atom is -0.481 e. The van der Waals surface area contributed by atoms with E-state index in [0.717, 1.165) is 0 Å². The Morgan fingerprint density at radius 2 is 2.18 bits per heavy atom. The quantitative estimate of drug-likeness (QED) is 0.726. The number of carbonyl (C=O) groups is 1. The van der Waals surface area contributed by atoms with Crippen LogP contribution in [0.25, 0.3) is 0 Å². The second kappa shape index (κ2) is 4.51. The molecule has 0 aromatic heterocycles. The van der Waals surface area contributed by atoms with Crippen LogP contribution in [0.5, 0.6) is 0 Å². The minimum atomic E-state index is -0.843. The Morgan fingerprint density at radius 3 is 2.65 bits per heavy atom. The van der Waals surface area contributed by atoms with Crippen LogP contribution in [0.4, 0.5) is 0 Å². The average Bonchev–Trinajstić information content (AvgIpc) is 2.36. The van der Waals surface area contributed by atoms with Crippen molar-refractivity contribution >= 4 is 11.9 Å². The molecule has 1 aliphatic rings. The first kappa shape index (κ1) is 13.7. The first-order valence-corrected chi connectivity index (χ1v) is 5.59. The summed E-state index contributed by atoms with van der Waals surface area (Å²) >= 11 is 0. The standard InChI is InChI=1S/C12H19NO4/c1-11(2,6-10(15)16)5-8-9(7-14)17-12(3,4)13-8/h8,13H,5-6H2,1-4H3,(H,15,16)/t8-/m0/s1. The van der Waals surface area contributed by atoms with Gasteiger partial charge in [-0.25, -0.2) is 4.79 Å². The summed E-state index contributed by atoms with van der Waals surface area (Å²) in [6, 6.07) is -0.267. The van der Waals surface area contributed by atoms with E-state index in [2.05, 4.69) is 5.32 Å². The summed E-state index contributed by atoms with van der Waals surface area (Å²) in [5, 5.41) is 12.0. The third kappa shape index (κ3) is 3.88. The molecule has 0 radical (unpaired) electrons. The van der Waals surface area contributed by atoms with Crippen molar-refractivity contribution in [2.24, 2.45) is 5.41 Å². The molecule has 0 unspecified atom stereocenters. The van der Waals surface area contributed by atoms with Crippen molar-refractivity contribution in [2.75, 3.05) is 0 Å². The summed E-state index contributed by atoms with van der Waals surface area (Å²) in [5.41, 5.74) is -1.01. The van der Waals surface area contributed by atoms with Crippen molar-refractivity contribution in [3.05, 3.63) is 5.76 Å². The van der Waals surface area contributed by atoms with Gasteiger partial charge in [-0.15, -0.1) is 0 Å². The predicted molar refractivity (Wildman–Crippen MR) is 61.9 cm³/mol. The lowest BCUT2D eigenvalue weighted by Gasteiger charge is -2.25. The van der Waals surface area contributed by atoms with Gasteiger partial charge in [0.25, 0.3) is 0 Å². The van der Waals surface area contributed by atoms with Crippen molar-refractivity contribution in [2.45, 2.75) is 52.3 Å². The van der Waals surface area contributed by atoms with E-state index in [-0.39, 0.29) is 18.2 Å². The van der Waals surface area contributed by atoms with E-state index < -0.39 is 17.1 Å². The maximum atomic E-state index is 10.8. The van der Waals surface area contributed by atoms with Gasteiger partial charge in [-0.2, -0.15) is 0 Å². The Labute approximate surface area is 101 Å². The second-order valence-corrected chi connectivity index (χ2v) is 5.71. The zero-order valence-electron chi connectivity index (χ0n) is 10.7. The normalized spacial score (nSPS) is 23.1. The average molecular weight is 241 g/mol. The van der Waals surface area contributed by atoms with Crippen LogP contribution in [0.1, 0.15) is 40.5 Å². The van der Waals surface area contributed by atoms with Gasteiger partial charge < -0.3 is 9.84 Å². The van der Waals surface area contributed by atoms with Gasteiger partial charge in [0, 0.05) is 0 Å². The van der Waals surface area contributed by atoms with E-state index in [4.69, 9.17) is 9.84 Å². The lowest BCUT2D eigenvalue weighted by Crippen LogP contribution is -2.40. The number of carbonyl (C=O) groups excluding carboxylic acids is 1. The first-order chi connectivity index (χ1) is 7.65. The molecule has 0 aliphatic carbocycles. The molecule has 5 heteroatoms. The predicted octanol–water partition coefficient (Wildman–Crippen LogP) is 1.32. The number of hydrogen-bond acceptors (Lipinski definition) is 4. The van der Waals surface area contributed by atoms with Crippen LogP contribution in [0.2, 0.25) is 0 Å². The van der Waals surface area contributed by atoms with Gasteiger partial charge in [0.15, 0.2) is 17.4 Å². The smallest absolute Gasteiger partial charge is 0.303 e. The molecule has 0 spiro atoms. The third-order valence-corrected chi connectivity index (χ3v) is 2.69. The van der Waals surface area contributed by atoms with E-state index in [1.807, 2.05) is 27.7 Å². The lowest BCUT2D eigenvalue weighted by molar-refractivity contribution is -0.139. The summed E-state index contributed by atoms with van der Waals surface area (Å²) in [5.74, 6) is 1.17. The van der Waals surface area contributed by atoms with Crippen molar-refractivity contribution in [1.82, 2.24) is 5.32 Å². The molecule has 1 saturated heterocycles. The van der Waals surface area contributed by atoms with Crippen molar-refractivity contribution in [3.63, 3.8) is 0 Å². The number of carboxylic acids is 1. The number of rotatable bonds is 4. The molecule has 1 aliphatic heterocycles. The summed E-state index contributed by atoms with van der Waals surface area (Å²) in [7, 11) is 0. The Hall–Kier alpha value is -1.32. The zero-order valence-corrected chi connectivity index (χ0v) is 10.7. The highest BCUT2D eigenvalue weighted by Gasteiger charge is 2.40. The maximum absolute atomic E-state index is 10.8. The summed E-state index contributed by atoms with van der Waals surface area (Å²) < 4.78 is 5.40. The van der Waals surface area contributed by atoms with Crippen LogP contribution >= 0.6 is 0 Å². The van der Waals surface area contributed by atoms with E-state index in [0.29, 0.717) is 6.42 Å². The van der Waals surface area contributed by atoms with E-state index in [1.54, 1.807) is 5.94 Å². The fourth-order valence-corrected chi connectivity index (χ4v) is 2.13. The van der Waals surface area contributed by atoms with Crippen LogP contribution in [-0.2, 0) is 14.3 Å². The molecule has 2 N–H and O–H groups in total. The number of carboxylic acid groups (broad SMARTS) is 1. The van der Waals surface area contributed by atoms with Crippen molar-refractivity contribution in [1.29, 1.82) is 0 Å². The number of aliphatic carboxylic acids is 1. The molecule has 0 aromatic rings. The Bertz CT molecular complexity index is 367. The van der Waals surface area contributed by atoms with Gasteiger partial charge in [0.05, 0.1) is 12.5 Å². The van der Waals surface area contributed by atoms with Gasteiger partial charge in [0.2, 0.25) is 0 Å². The largest absolute Gasteiger partial charge is 0.481 e. The third-order valence-electron chi connectivity index (χ3n) is 2.69. The molecule has 1 heterocycles. The molecule has 1 fully saturated rings. The highest BCUT2D eigenvalue weighted by Crippen LogP contribution is 2.33. The molecule has 96 valence electrons. The summed E-state index contributed by atoms with van der Waals surface area (Å²) in [4.78, 5) is 21.5. The highest BCUT2D eigenvalue weighted by atomic mass is 16.5. The minimum absolute atomic E-state index is 0.0533. The second-order valence-electron chi connectivity index (χ2n) is 5.71. The van der Waals surface area contributed by atoms with E-state index in [9.17, 15) is 9.59 Å². The summed E-state index contributed by atoms with van der Waals surface area (Å²) in [6.45, 7) is 7.34. The van der Waals surface area contributed by atoms with Gasteiger partial charge in [0.1, 0.15) is 0 Å². The van der Waals surface area contributed by atoms with Crippen LogP contribution in [0.3, 0.4) is 0 Å². The topological polar surface area (TPSA) is 75.6 Å². The van der Waals surface area contributed by atoms with Gasteiger partial charge in [-0.1, -0.05) is 13.8 Å². The van der Waals surface area contributed by atoms with Gasteiger partial charge in [-0.3, -0.25) is 10.1 Å². The zero-order chi connectivity index (χ0) is 13.3. The number of nitrogens with one attached hydrogen (secondary N) is 1. The molecule has 1 rings (SSSR count). The fourth-order valence-electron chi connectivity index (χ4n) is 2.13. The fraction of sp³-hybridized carbons (Fsp3) is 0.750. The maximum Gasteiger partial charge on any atom is 0.303 e. The van der Waals surface area contributed by atoms with Crippen LogP contribution in [0.15, 0.2) is 5.76 Å². The molecule has 1 atom stereocenters. The van der Waals surface area contributed by atoms with Crippen molar-refractivity contribution < 1.29 is 19.4 Å². The van der Waals surface area contributed by atoms with E-state index >= 15 is 0 Å². The summed E-state index contributed by atoms with van der Waals surface area (Å²) in [6.07, 6.45) is 0.574. The van der Waals surface area contributed by atoms with Crippen LogP contribution in [0, 0.1) is 5.41 Å². The highest BCUT2D eigenvalue weighted by molar-refractivity contribution is 5.67. The van der Waals surface area contributed by atoms with Gasteiger partial charge in [-0.05, 0) is 25.7 Å². The monoisotopic (exact) mass is 241 g/mol. The number of hydrogen-bond donors (Lipinski definition) is 2.